The van der Waals surface area contributed by atoms with Gasteiger partial charge in [-0.1, -0.05) is 18.2 Å². The molecule has 1 atom stereocenters. The molecular formula is C25H23N3O7. The van der Waals surface area contributed by atoms with Crippen molar-refractivity contribution in [3.05, 3.63) is 88.0 Å². The van der Waals surface area contributed by atoms with E-state index in [4.69, 9.17) is 18.7 Å². The zero-order valence-corrected chi connectivity index (χ0v) is 19.3. The molecule has 0 fully saturated rings. The lowest BCUT2D eigenvalue weighted by Gasteiger charge is -2.16. The third-order valence-electron chi connectivity index (χ3n) is 4.99. The van der Waals surface area contributed by atoms with E-state index >= 15 is 0 Å². The summed E-state index contributed by atoms with van der Waals surface area (Å²) in [5, 5.41) is 2.72. The molecule has 10 heteroatoms. The number of aryl methyl sites for hydroxylation is 1. The third-order valence-corrected chi connectivity index (χ3v) is 4.99. The van der Waals surface area contributed by atoms with Crippen LogP contribution in [0.2, 0.25) is 0 Å². The van der Waals surface area contributed by atoms with Crippen LogP contribution >= 0.6 is 0 Å². The maximum atomic E-state index is 12.7. The van der Waals surface area contributed by atoms with Gasteiger partial charge in [0.1, 0.15) is 23.9 Å². The van der Waals surface area contributed by atoms with E-state index in [0.717, 1.165) is 4.57 Å². The van der Waals surface area contributed by atoms with Crippen LogP contribution in [0.15, 0.2) is 70.0 Å². The first-order valence-electron chi connectivity index (χ1n) is 10.7. The molecule has 0 bridgehead atoms. The molecule has 2 aromatic carbocycles. The van der Waals surface area contributed by atoms with Crippen molar-refractivity contribution in [2.45, 2.75) is 26.6 Å². The number of para-hydroxylation sites is 1. The molecule has 4 rings (SSSR count). The van der Waals surface area contributed by atoms with Crippen LogP contribution in [0.1, 0.15) is 28.7 Å². The first-order valence-corrected chi connectivity index (χ1v) is 10.7. The molecule has 10 nitrogen and oxygen atoms in total. The Bertz CT molecular complexity index is 1430. The quantitative estimate of drug-likeness (QED) is 0.384. The van der Waals surface area contributed by atoms with Gasteiger partial charge in [0.05, 0.1) is 24.1 Å². The van der Waals surface area contributed by atoms with Crippen molar-refractivity contribution in [2.24, 2.45) is 0 Å². The van der Waals surface area contributed by atoms with Crippen molar-refractivity contribution in [3.8, 4) is 11.5 Å². The van der Waals surface area contributed by atoms with Gasteiger partial charge in [-0.3, -0.25) is 9.59 Å². The lowest BCUT2D eigenvalue weighted by molar-refractivity contribution is -0.122. The molecule has 0 unspecified atom stereocenters. The van der Waals surface area contributed by atoms with Crippen LogP contribution in [0.5, 0.6) is 11.5 Å². The number of hydrogen-bond acceptors (Lipinski definition) is 8. The summed E-state index contributed by atoms with van der Waals surface area (Å²) in [6, 6.07) is 16.3. The second-order valence-corrected chi connectivity index (χ2v) is 7.64. The number of ether oxygens (including phenoxy) is 3. The van der Waals surface area contributed by atoms with Crippen molar-refractivity contribution >= 4 is 23.2 Å². The summed E-state index contributed by atoms with van der Waals surface area (Å²) in [5.41, 5.74) is 0.632. The van der Waals surface area contributed by atoms with Gasteiger partial charge in [0.15, 0.2) is 11.8 Å². The summed E-state index contributed by atoms with van der Waals surface area (Å²) in [5.74, 6) is 0.349. The van der Waals surface area contributed by atoms with Gasteiger partial charge in [-0.15, -0.1) is 4.57 Å². The Hall–Kier alpha value is -4.60. The Morgan fingerprint density at radius 3 is 2.63 bits per heavy atom. The Morgan fingerprint density at radius 2 is 1.89 bits per heavy atom. The highest BCUT2D eigenvalue weighted by Crippen LogP contribution is 2.26. The number of carbonyl (C=O) groups is 2. The maximum absolute atomic E-state index is 12.7. The number of rotatable bonds is 8. The lowest BCUT2D eigenvalue weighted by atomic mass is 10.1. The van der Waals surface area contributed by atoms with Gasteiger partial charge in [0, 0.05) is 12.1 Å². The summed E-state index contributed by atoms with van der Waals surface area (Å²) >= 11 is 0. The Kier molecular flexibility index (Phi) is 6.81. The van der Waals surface area contributed by atoms with Crippen molar-refractivity contribution in [2.75, 3.05) is 12.4 Å². The zero-order valence-electron chi connectivity index (χ0n) is 19.3. The van der Waals surface area contributed by atoms with Gasteiger partial charge in [0.25, 0.3) is 11.5 Å². The van der Waals surface area contributed by atoms with Crippen molar-refractivity contribution < 1.29 is 28.3 Å². The van der Waals surface area contributed by atoms with Crippen LogP contribution in [0.3, 0.4) is 0 Å². The van der Waals surface area contributed by atoms with Crippen LogP contribution in [0.4, 0.5) is 5.69 Å². The second kappa shape index (κ2) is 10.1. The van der Waals surface area contributed by atoms with Crippen LogP contribution < -0.4 is 20.3 Å². The number of methoxy groups -OCH3 is 1. The Morgan fingerprint density at radius 1 is 1.11 bits per heavy atom. The van der Waals surface area contributed by atoms with Gasteiger partial charge < -0.3 is 24.1 Å². The maximum Gasteiger partial charge on any atom is 0.338 e. The highest BCUT2D eigenvalue weighted by atomic mass is 16.5. The van der Waals surface area contributed by atoms with Crippen LogP contribution in [-0.4, -0.2) is 34.6 Å². The predicted octanol–water partition coefficient (Wildman–Crippen LogP) is 3.37. The van der Waals surface area contributed by atoms with E-state index < -0.39 is 23.5 Å². The monoisotopic (exact) mass is 477 g/mol. The fourth-order valence-corrected chi connectivity index (χ4v) is 3.29. The summed E-state index contributed by atoms with van der Waals surface area (Å²) in [6.07, 6.45) is -0.801. The fraction of sp³-hybridized carbons (Fsp3) is 0.200. The number of carbonyl (C=O) groups excluding carboxylic acids is 2. The van der Waals surface area contributed by atoms with E-state index in [1.54, 1.807) is 50.2 Å². The average Bonchev–Trinajstić information content (AvgIpc) is 3.23. The minimum absolute atomic E-state index is 0.176. The molecule has 35 heavy (non-hydrogen) atoms. The Labute approximate surface area is 200 Å². The largest absolute Gasteiger partial charge is 0.495 e. The van der Waals surface area contributed by atoms with Crippen LogP contribution in [0.25, 0.3) is 5.65 Å². The number of esters is 1. The molecule has 0 radical (unpaired) electrons. The molecular weight excluding hydrogens is 454 g/mol. The summed E-state index contributed by atoms with van der Waals surface area (Å²) < 4.78 is 22.6. The Balaban J connectivity index is 1.45. The smallest absolute Gasteiger partial charge is 0.338 e. The van der Waals surface area contributed by atoms with Crippen molar-refractivity contribution in [1.29, 1.82) is 0 Å². The van der Waals surface area contributed by atoms with Crippen molar-refractivity contribution in [1.82, 2.24) is 9.56 Å². The minimum atomic E-state index is -0.801. The van der Waals surface area contributed by atoms with Gasteiger partial charge in [-0.05, 0) is 44.2 Å². The topological polar surface area (TPSA) is 121 Å². The number of benzene rings is 2. The SMILES string of the molecule is COc1ccc(C(=O)OCc2cc(=O)n3oc(C)cc3n2)cc1NC(=O)[C@H](C)Oc1ccccc1. The summed E-state index contributed by atoms with van der Waals surface area (Å²) in [6.45, 7) is 3.09. The van der Waals surface area contributed by atoms with Crippen molar-refractivity contribution in [3.63, 3.8) is 0 Å². The molecule has 1 N–H and O–H groups in total. The average molecular weight is 477 g/mol. The molecule has 4 aromatic rings. The fourth-order valence-electron chi connectivity index (χ4n) is 3.29. The highest BCUT2D eigenvalue weighted by molar-refractivity contribution is 5.98. The zero-order chi connectivity index (χ0) is 24.9. The summed E-state index contributed by atoms with van der Waals surface area (Å²) in [7, 11) is 1.45. The first-order chi connectivity index (χ1) is 16.8. The molecule has 0 saturated heterocycles. The molecule has 0 saturated carbocycles. The number of hydrogen-bond donors (Lipinski definition) is 1. The molecule has 0 spiro atoms. The molecule has 2 heterocycles. The molecule has 0 aliphatic carbocycles. The molecule has 2 aromatic heterocycles. The first kappa shape index (κ1) is 23.6. The molecule has 0 aliphatic rings. The number of anilines is 1. The van der Waals surface area contributed by atoms with Gasteiger partial charge in [-0.25, -0.2) is 9.78 Å². The highest BCUT2D eigenvalue weighted by Gasteiger charge is 2.19. The standard InChI is InChI=1S/C25H23N3O7/c1-15-11-22-26-18(13-23(29)28(22)35-15)14-33-25(31)17-9-10-21(32-3)20(12-17)27-24(30)16(2)34-19-7-5-4-6-8-19/h4-13,16H,14H2,1-3H3,(H,27,30)/t16-/m0/s1. The number of nitrogens with zero attached hydrogens (tertiary/aromatic N) is 2. The molecule has 1 amide bonds. The molecule has 0 aliphatic heterocycles. The lowest BCUT2D eigenvalue weighted by Crippen LogP contribution is -2.30. The number of nitrogens with one attached hydrogen (secondary N) is 1. The second-order valence-electron chi connectivity index (χ2n) is 7.64. The van der Waals surface area contributed by atoms with Gasteiger partial charge >= 0.3 is 5.97 Å². The van der Waals surface area contributed by atoms with E-state index in [1.807, 2.05) is 6.07 Å². The van der Waals surface area contributed by atoms with Gasteiger partial charge in [-0.2, -0.15) is 0 Å². The molecule has 180 valence electrons. The van der Waals surface area contributed by atoms with Crippen LogP contribution in [0, 0.1) is 6.92 Å². The minimum Gasteiger partial charge on any atom is -0.495 e. The number of fused-ring (bicyclic) bond motifs is 1. The van der Waals surface area contributed by atoms with E-state index in [1.165, 1.54) is 25.3 Å². The normalized spacial score (nSPS) is 11.6. The predicted molar refractivity (Wildman–Crippen MR) is 126 cm³/mol. The number of aromatic nitrogens is 2. The third kappa shape index (κ3) is 5.49. The summed E-state index contributed by atoms with van der Waals surface area (Å²) in [4.78, 5) is 41.7. The van der Waals surface area contributed by atoms with E-state index in [2.05, 4.69) is 10.3 Å². The van der Waals surface area contributed by atoms with Crippen LogP contribution in [-0.2, 0) is 16.1 Å². The van der Waals surface area contributed by atoms with E-state index in [0.29, 0.717) is 22.9 Å². The number of amides is 1. The van der Waals surface area contributed by atoms with E-state index in [-0.39, 0.29) is 23.6 Å². The van der Waals surface area contributed by atoms with Gasteiger partial charge in [0.2, 0.25) is 0 Å². The van der Waals surface area contributed by atoms with E-state index in [9.17, 15) is 14.4 Å².